The van der Waals surface area contributed by atoms with E-state index in [1.807, 2.05) is 84.9 Å². The molecule has 0 bridgehead atoms. The minimum Gasteiger partial charge on any atom is -0.309 e. The van der Waals surface area contributed by atoms with Gasteiger partial charge >= 0.3 is 0 Å². The van der Waals surface area contributed by atoms with Crippen LogP contribution in [0.25, 0.3) is 87.7 Å². The Morgan fingerprint density at radius 2 is 0.541 bits per heavy atom. The fourth-order valence-corrected chi connectivity index (χ4v) is 17.5. The maximum atomic E-state index is 17.7. The molecule has 0 aliphatic heterocycles. The predicted octanol–water partition coefficient (Wildman–Crippen LogP) is 15.1. The third-order valence-electron chi connectivity index (χ3n) is 15.0. The predicted molar refractivity (Wildman–Crippen MR) is 314 cm³/mol. The van der Waals surface area contributed by atoms with Gasteiger partial charge in [0.05, 0.1) is 22.1 Å². The number of hydrogen-bond donors (Lipinski definition) is 0. The molecule has 4 nitrogen and oxygen atoms in total. The third-order valence-corrected chi connectivity index (χ3v) is 21.2. The topological polar surface area (TPSA) is 44.0 Å². The van der Waals surface area contributed by atoms with Crippen LogP contribution in [0, 0.1) is 0 Å². The first kappa shape index (κ1) is 44.0. The first-order valence-electron chi connectivity index (χ1n) is 25.0. The first-order valence-corrected chi connectivity index (χ1v) is 28.5. The van der Waals surface area contributed by atoms with Crippen molar-refractivity contribution in [2.45, 2.75) is 0 Å². The average Bonchev–Trinajstić information content (AvgIpc) is 4.00. The van der Waals surface area contributed by atoms with E-state index in [1.165, 1.54) is 0 Å². The number of aromatic nitrogens is 2. The first-order chi connectivity index (χ1) is 36.5. The quantitative estimate of drug-likeness (QED) is 0.135. The van der Waals surface area contributed by atoms with Crippen molar-refractivity contribution in [3.05, 3.63) is 279 Å². The molecular formula is C68H46N2O2P2. The normalized spacial score (nSPS) is 13.5. The molecule has 0 N–H and O–H groups in total. The molecule has 14 aromatic rings. The molecule has 2 heterocycles. The molecule has 0 radical (unpaired) electrons. The summed E-state index contributed by atoms with van der Waals surface area (Å²) in [5.74, 6) is 0. The molecule has 0 amide bonds. The van der Waals surface area contributed by atoms with E-state index < -0.39 is 14.3 Å². The Morgan fingerprint density at radius 1 is 0.243 bits per heavy atom. The number of para-hydroxylation sites is 4. The zero-order chi connectivity index (χ0) is 49.4. The monoisotopic (exact) mass is 984 g/mol. The highest BCUT2D eigenvalue weighted by molar-refractivity contribution is 7.86. The Kier molecular flexibility index (Phi) is 10.4. The molecule has 0 aliphatic carbocycles. The zero-order valence-corrected chi connectivity index (χ0v) is 42.0. The van der Waals surface area contributed by atoms with Gasteiger partial charge in [0.2, 0.25) is 0 Å². The van der Waals surface area contributed by atoms with Crippen LogP contribution in [0.15, 0.2) is 279 Å². The lowest BCUT2D eigenvalue weighted by Crippen LogP contribution is -2.30. The Hall–Kier alpha value is -8.78. The second-order valence-electron chi connectivity index (χ2n) is 19.0. The van der Waals surface area contributed by atoms with E-state index in [0.717, 1.165) is 87.7 Å². The molecule has 2 atom stereocenters. The van der Waals surface area contributed by atoms with Gasteiger partial charge in [-0.2, -0.15) is 0 Å². The highest BCUT2D eigenvalue weighted by Crippen LogP contribution is 2.52. The molecule has 74 heavy (non-hydrogen) atoms. The van der Waals surface area contributed by atoms with Gasteiger partial charge in [-0.25, -0.2) is 0 Å². The van der Waals surface area contributed by atoms with Gasteiger partial charge < -0.3 is 18.3 Å². The van der Waals surface area contributed by atoms with Crippen molar-refractivity contribution in [3.8, 4) is 22.5 Å². The molecule has 0 fully saturated rings. The van der Waals surface area contributed by atoms with E-state index in [2.05, 4.69) is 203 Å². The van der Waals surface area contributed by atoms with Crippen LogP contribution in [-0.4, -0.2) is 9.13 Å². The maximum absolute atomic E-state index is 17.7. The van der Waals surface area contributed by atoms with Crippen LogP contribution in [0.4, 0.5) is 0 Å². The van der Waals surface area contributed by atoms with Crippen molar-refractivity contribution in [1.82, 2.24) is 9.13 Å². The lowest BCUT2D eigenvalue weighted by atomic mass is 9.93. The molecule has 0 saturated heterocycles. The van der Waals surface area contributed by atoms with Crippen LogP contribution < -0.4 is 31.8 Å². The van der Waals surface area contributed by atoms with Crippen LogP contribution in [0.2, 0.25) is 0 Å². The van der Waals surface area contributed by atoms with Crippen molar-refractivity contribution in [2.75, 3.05) is 0 Å². The van der Waals surface area contributed by atoms with Crippen LogP contribution in [0.3, 0.4) is 0 Å². The fourth-order valence-electron chi connectivity index (χ4n) is 11.8. The minimum absolute atomic E-state index is 0.679. The average molecular weight is 985 g/mol. The highest BCUT2D eigenvalue weighted by Gasteiger charge is 2.39. The molecule has 0 saturated carbocycles. The van der Waals surface area contributed by atoms with Crippen molar-refractivity contribution < 1.29 is 9.13 Å². The minimum atomic E-state index is -3.82. The van der Waals surface area contributed by atoms with Gasteiger partial charge in [-0.15, -0.1) is 0 Å². The number of nitrogens with zero attached hydrogens (tertiary/aromatic N) is 2. The van der Waals surface area contributed by atoms with Crippen molar-refractivity contribution >= 4 is 111 Å². The summed E-state index contributed by atoms with van der Waals surface area (Å²) in [5.41, 5.74) is 7.74. The molecule has 350 valence electrons. The van der Waals surface area contributed by atoms with Gasteiger partial charge in [0.1, 0.15) is 0 Å². The molecule has 14 rings (SSSR count). The van der Waals surface area contributed by atoms with E-state index in [9.17, 15) is 0 Å². The van der Waals surface area contributed by atoms with Crippen molar-refractivity contribution in [1.29, 1.82) is 0 Å². The second kappa shape index (κ2) is 17.5. The number of rotatable bonds is 9. The largest absolute Gasteiger partial charge is 0.309 e. The fraction of sp³-hybridized carbons (Fsp3) is 0. The van der Waals surface area contributed by atoms with Gasteiger partial charge in [-0.1, -0.05) is 218 Å². The molecule has 6 heteroatoms. The summed E-state index contributed by atoms with van der Waals surface area (Å²) < 4.78 is 39.9. The van der Waals surface area contributed by atoms with Crippen LogP contribution in [-0.2, 0) is 9.13 Å². The zero-order valence-electron chi connectivity index (χ0n) is 40.2. The summed E-state index contributed by atoms with van der Waals surface area (Å²) in [6.07, 6.45) is 0. The van der Waals surface area contributed by atoms with Crippen LogP contribution >= 0.6 is 14.3 Å². The molecule has 0 aliphatic rings. The molecule has 12 aromatic carbocycles. The lowest BCUT2D eigenvalue weighted by molar-refractivity contribution is 0.591. The van der Waals surface area contributed by atoms with E-state index in [-0.39, 0.29) is 0 Å². The molecule has 0 spiro atoms. The summed E-state index contributed by atoms with van der Waals surface area (Å²) in [5, 5.41) is 12.6. The summed E-state index contributed by atoms with van der Waals surface area (Å²) in [7, 11) is -7.64. The van der Waals surface area contributed by atoms with E-state index >= 15 is 9.13 Å². The molecule has 2 aromatic heterocycles. The van der Waals surface area contributed by atoms with Gasteiger partial charge in [0, 0.05) is 75.9 Å². The summed E-state index contributed by atoms with van der Waals surface area (Å²) in [6.45, 7) is 0. The maximum Gasteiger partial charge on any atom is 0.171 e. The van der Waals surface area contributed by atoms with Crippen molar-refractivity contribution in [3.63, 3.8) is 0 Å². The number of fused-ring (bicyclic) bond motifs is 8. The Balaban J connectivity index is 1.08. The molecular weight excluding hydrogens is 939 g/mol. The van der Waals surface area contributed by atoms with Crippen LogP contribution in [0.1, 0.15) is 0 Å². The van der Waals surface area contributed by atoms with E-state index in [0.29, 0.717) is 31.8 Å². The highest BCUT2D eigenvalue weighted by atomic mass is 31.2. The third kappa shape index (κ3) is 6.69. The van der Waals surface area contributed by atoms with Crippen LogP contribution in [0.5, 0.6) is 0 Å². The van der Waals surface area contributed by atoms with Gasteiger partial charge in [0.15, 0.2) is 14.3 Å². The number of benzene rings is 12. The molecule has 2 unspecified atom stereocenters. The summed E-state index contributed by atoms with van der Waals surface area (Å²) >= 11 is 0. The summed E-state index contributed by atoms with van der Waals surface area (Å²) in [4.78, 5) is 0. The summed E-state index contributed by atoms with van der Waals surface area (Å²) in [6, 6.07) is 95.7. The Labute approximate surface area is 428 Å². The van der Waals surface area contributed by atoms with Gasteiger partial charge in [-0.3, -0.25) is 0 Å². The van der Waals surface area contributed by atoms with E-state index in [1.54, 1.807) is 0 Å². The smallest absolute Gasteiger partial charge is 0.171 e. The SMILES string of the molecule is O=P(c1ccccc1)(c1cccc(-n2c3ccccc3c3ccccc32)c1)c1ccc2ccccc2c1-c1c(P(=O)(c2ccccc2)c2cccc(-n3c4ccccc4c4ccccc43)c2)ccc2ccccc12. The van der Waals surface area contributed by atoms with E-state index in [4.69, 9.17) is 0 Å². The Morgan fingerprint density at radius 3 is 0.905 bits per heavy atom. The lowest BCUT2D eigenvalue weighted by Gasteiger charge is -2.29. The van der Waals surface area contributed by atoms with Gasteiger partial charge in [0.25, 0.3) is 0 Å². The number of hydrogen-bond acceptors (Lipinski definition) is 2. The second-order valence-corrected chi connectivity index (χ2v) is 24.5. The standard InChI is InChI=1S/C68H46N2O2P2/c71-73(51-25-3-1-4-26-51,53-29-19-23-49(45-53)69-61-37-15-11-33-57(61)58-34-12-16-38-62(58)69)65-43-41-47-21-7-9-31-55(47)67(65)68-56-32-10-8-22-48(56)42-44-66(68)74(72,52-27-5-2-6-28-52)54-30-20-24-50(46-54)70-63-39-17-13-35-59(63)60-36-14-18-40-64(60)70/h1-46H. The van der Waals surface area contributed by atoms with Crippen molar-refractivity contribution in [2.24, 2.45) is 0 Å². The van der Waals surface area contributed by atoms with Gasteiger partial charge in [-0.05, 0) is 82.2 Å². The Bertz CT molecular complexity index is 4230.